The second kappa shape index (κ2) is 7.57. The van der Waals surface area contributed by atoms with Gasteiger partial charge in [0.25, 0.3) is 0 Å². The van der Waals surface area contributed by atoms with Crippen LogP contribution in [0.4, 0.5) is 4.39 Å². The highest BCUT2D eigenvalue weighted by Gasteiger charge is 2.37. The topological polar surface area (TPSA) is 57.7 Å². The van der Waals surface area contributed by atoms with Gasteiger partial charge in [-0.25, -0.2) is 12.8 Å². The van der Waals surface area contributed by atoms with Crippen molar-refractivity contribution >= 4 is 27.3 Å². The van der Waals surface area contributed by atoms with E-state index in [4.69, 9.17) is 0 Å². The van der Waals surface area contributed by atoms with E-state index in [0.29, 0.717) is 25.9 Å². The summed E-state index contributed by atoms with van der Waals surface area (Å²) in [6.07, 6.45) is 2.18. The fourth-order valence-electron chi connectivity index (χ4n) is 4.16. The number of fused-ring (bicyclic) bond motifs is 1. The first kappa shape index (κ1) is 19.5. The summed E-state index contributed by atoms with van der Waals surface area (Å²) < 4.78 is 40.4. The molecule has 0 saturated carbocycles. The normalized spacial score (nSPS) is 23.4. The van der Waals surface area contributed by atoms with Crippen LogP contribution < -0.4 is 0 Å². The highest BCUT2D eigenvalue weighted by molar-refractivity contribution is 7.89. The van der Waals surface area contributed by atoms with Gasteiger partial charge >= 0.3 is 0 Å². The molecule has 0 radical (unpaired) electrons. The fourth-order valence-corrected chi connectivity index (χ4v) is 6.65. The zero-order valence-corrected chi connectivity index (χ0v) is 17.3. The molecule has 0 N–H and O–H groups in total. The molecule has 5 nitrogen and oxygen atoms in total. The molecule has 0 bridgehead atoms. The molecule has 0 spiro atoms. The molecule has 28 heavy (non-hydrogen) atoms. The minimum atomic E-state index is -3.73. The van der Waals surface area contributed by atoms with Gasteiger partial charge in [0, 0.05) is 24.5 Å². The SMILES string of the molecule is C[C@@H]1c2ccsc2CCN1C(=O)[C@H]1CCCN(S(=O)(=O)c2ccc(F)cc2)C1. The standard InChI is InChI=1S/C20H23FN2O3S2/c1-14-18-9-12-27-19(18)8-11-23(14)20(24)15-3-2-10-22(13-15)28(25,26)17-6-4-16(21)5-7-17/h4-7,9,12,14-15H,2-3,8,10-11,13H2,1H3/t14-,15+/m1/s1. The molecule has 0 unspecified atom stereocenters. The van der Waals surface area contributed by atoms with Crippen LogP contribution in [0.1, 0.15) is 36.2 Å². The molecule has 2 aromatic rings. The van der Waals surface area contributed by atoms with Gasteiger partial charge in [0.15, 0.2) is 0 Å². The molecule has 1 saturated heterocycles. The Morgan fingerprint density at radius 1 is 1.18 bits per heavy atom. The first-order chi connectivity index (χ1) is 13.4. The summed E-state index contributed by atoms with van der Waals surface area (Å²) >= 11 is 1.73. The van der Waals surface area contributed by atoms with Crippen LogP contribution in [0.5, 0.6) is 0 Å². The van der Waals surface area contributed by atoms with Crippen molar-refractivity contribution in [1.29, 1.82) is 0 Å². The molecule has 2 aliphatic heterocycles. The van der Waals surface area contributed by atoms with Crippen LogP contribution in [0.15, 0.2) is 40.6 Å². The average molecular weight is 423 g/mol. The Labute approximate surface area is 168 Å². The Bertz CT molecular complexity index is 972. The predicted molar refractivity (Wildman–Crippen MR) is 106 cm³/mol. The van der Waals surface area contributed by atoms with Crippen molar-refractivity contribution in [3.63, 3.8) is 0 Å². The van der Waals surface area contributed by atoms with Crippen LogP contribution in [0.25, 0.3) is 0 Å². The Hall–Kier alpha value is -1.77. The van der Waals surface area contributed by atoms with Crippen molar-refractivity contribution in [1.82, 2.24) is 9.21 Å². The van der Waals surface area contributed by atoms with Gasteiger partial charge in [0.1, 0.15) is 5.82 Å². The molecule has 0 aliphatic carbocycles. The molecule has 1 aromatic carbocycles. The van der Waals surface area contributed by atoms with E-state index >= 15 is 0 Å². The molecule has 8 heteroatoms. The minimum Gasteiger partial charge on any atom is -0.335 e. The lowest BCUT2D eigenvalue weighted by Gasteiger charge is -2.39. The summed E-state index contributed by atoms with van der Waals surface area (Å²) in [6.45, 7) is 3.28. The maximum absolute atomic E-state index is 13.2. The van der Waals surface area contributed by atoms with E-state index in [0.717, 1.165) is 18.6 Å². The van der Waals surface area contributed by atoms with Crippen LogP contribution in [0.3, 0.4) is 0 Å². The van der Waals surface area contributed by atoms with Crippen molar-refractivity contribution in [3.05, 3.63) is 52.0 Å². The average Bonchev–Trinajstić information content (AvgIpc) is 3.18. The molecule has 4 rings (SSSR count). The molecule has 3 heterocycles. The molecule has 150 valence electrons. The molecule has 1 fully saturated rings. The van der Waals surface area contributed by atoms with Crippen LogP contribution in [0, 0.1) is 11.7 Å². The zero-order valence-electron chi connectivity index (χ0n) is 15.7. The first-order valence-electron chi connectivity index (χ1n) is 9.50. The van der Waals surface area contributed by atoms with E-state index in [1.165, 1.54) is 26.9 Å². The number of halogens is 1. The summed E-state index contributed by atoms with van der Waals surface area (Å²) in [5, 5.41) is 2.06. The van der Waals surface area contributed by atoms with Crippen LogP contribution >= 0.6 is 11.3 Å². The van der Waals surface area contributed by atoms with Gasteiger partial charge < -0.3 is 4.90 Å². The maximum Gasteiger partial charge on any atom is 0.243 e. The van der Waals surface area contributed by atoms with Gasteiger partial charge in [0.05, 0.1) is 16.9 Å². The third-order valence-electron chi connectivity index (χ3n) is 5.75. The third kappa shape index (κ3) is 3.49. The summed E-state index contributed by atoms with van der Waals surface area (Å²) in [7, 11) is -3.73. The van der Waals surface area contributed by atoms with Crippen LogP contribution in [0.2, 0.25) is 0 Å². The molecular weight excluding hydrogens is 399 g/mol. The van der Waals surface area contributed by atoms with Gasteiger partial charge in [0.2, 0.25) is 15.9 Å². The number of carbonyl (C=O) groups excluding carboxylic acids is 1. The maximum atomic E-state index is 13.2. The predicted octanol–water partition coefficient (Wildman–Crippen LogP) is 3.43. The monoisotopic (exact) mass is 422 g/mol. The van der Waals surface area contributed by atoms with E-state index < -0.39 is 15.8 Å². The van der Waals surface area contributed by atoms with Crippen molar-refractivity contribution < 1.29 is 17.6 Å². The van der Waals surface area contributed by atoms with Gasteiger partial charge in [-0.3, -0.25) is 4.79 Å². The molecule has 2 atom stereocenters. The lowest BCUT2D eigenvalue weighted by molar-refractivity contribution is -0.139. The van der Waals surface area contributed by atoms with Gasteiger partial charge in [-0.1, -0.05) is 0 Å². The fraction of sp³-hybridized carbons (Fsp3) is 0.450. The number of carbonyl (C=O) groups is 1. The quantitative estimate of drug-likeness (QED) is 0.761. The summed E-state index contributed by atoms with van der Waals surface area (Å²) in [6, 6.07) is 6.95. The Morgan fingerprint density at radius 2 is 1.93 bits per heavy atom. The minimum absolute atomic E-state index is 0.0200. The number of piperidine rings is 1. The smallest absolute Gasteiger partial charge is 0.243 e. The number of sulfonamides is 1. The number of hydrogen-bond donors (Lipinski definition) is 0. The number of benzene rings is 1. The molecule has 1 aromatic heterocycles. The second-order valence-corrected chi connectivity index (χ2v) is 10.4. The number of nitrogens with zero attached hydrogens (tertiary/aromatic N) is 2. The Kier molecular flexibility index (Phi) is 5.28. The lowest BCUT2D eigenvalue weighted by Crippen LogP contribution is -2.48. The van der Waals surface area contributed by atoms with Crippen LogP contribution in [-0.4, -0.2) is 43.2 Å². The third-order valence-corrected chi connectivity index (χ3v) is 8.62. The van der Waals surface area contributed by atoms with Gasteiger partial charge in [-0.15, -0.1) is 11.3 Å². The van der Waals surface area contributed by atoms with Crippen molar-refractivity contribution in [2.75, 3.05) is 19.6 Å². The van der Waals surface area contributed by atoms with Crippen molar-refractivity contribution in [3.8, 4) is 0 Å². The molecule has 1 amide bonds. The lowest BCUT2D eigenvalue weighted by atomic mass is 9.94. The summed E-state index contributed by atoms with van der Waals surface area (Å²) in [5.41, 5.74) is 1.20. The van der Waals surface area contributed by atoms with Crippen LogP contribution in [-0.2, 0) is 21.2 Å². The zero-order chi connectivity index (χ0) is 19.9. The van der Waals surface area contributed by atoms with E-state index in [1.54, 1.807) is 11.3 Å². The largest absolute Gasteiger partial charge is 0.335 e. The highest BCUT2D eigenvalue weighted by Crippen LogP contribution is 2.35. The van der Waals surface area contributed by atoms with Crippen molar-refractivity contribution in [2.24, 2.45) is 5.92 Å². The number of hydrogen-bond acceptors (Lipinski definition) is 4. The summed E-state index contributed by atoms with van der Waals surface area (Å²) in [5.74, 6) is -0.785. The van der Waals surface area contributed by atoms with Gasteiger partial charge in [-0.2, -0.15) is 4.31 Å². The van der Waals surface area contributed by atoms with E-state index in [1.807, 2.05) is 11.8 Å². The van der Waals surface area contributed by atoms with E-state index in [2.05, 4.69) is 11.4 Å². The summed E-state index contributed by atoms with van der Waals surface area (Å²) in [4.78, 5) is 16.5. The van der Waals surface area contributed by atoms with Crippen molar-refractivity contribution in [2.45, 2.75) is 37.1 Å². The number of amides is 1. The Balaban J connectivity index is 1.51. The second-order valence-electron chi connectivity index (χ2n) is 7.41. The molecule has 2 aliphatic rings. The number of thiophene rings is 1. The number of rotatable bonds is 3. The van der Waals surface area contributed by atoms with Gasteiger partial charge in [-0.05, 0) is 67.5 Å². The Morgan fingerprint density at radius 3 is 2.68 bits per heavy atom. The first-order valence-corrected chi connectivity index (χ1v) is 11.8. The molecular formula is C20H23FN2O3S2. The highest BCUT2D eigenvalue weighted by atomic mass is 32.2. The van der Waals surface area contributed by atoms with E-state index in [9.17, 15) is 17.6 Å². The van der Waals surface area contributed by atoms with E-state index in [-0.39, 0.29) is 29.3 Å².